The highest BCUT2D eigenvalue weighted by atomic mass is 19.4. The Morgan fingerprint density at radius 3 is 2.67 bits per heavy atom. The third-order valence-electron chi connectivity index (χ3n) is 2.36. The molecule has 1 heterocycles. The van der Waals surface area contributed by atoms with Crippen molar-refractivity contribution in [2.75, 3.05) is 5.73 Å². The van der Waals surface area contributed by atoms with E-state index in [9.17, 15) is 13.2 Å². The summed E-state index contributed by atoms with van der Waals surface area (Å²) in [6.45, 7) is 0. The van der Waals surface area contributed by atoms with E-state index in [1.807, 2.05) is 0 Å². The third kappa shape index (κ3) is 2.00. The van der Waals surface area contributed by atoms with Crippen LogP contribution in [0.2, 0.25) is 0 Å². The average molecular weight is 252 g/mol. The van der Waals surface area contributed by atoms with Crippen LogP contribution in [-0.4, -0.2) is 9.55 Å². The SMILES string of the molecule is N#Cc1nccn1-c1ccc(N)c(C(F)(F)F)c1. The quantitative estimate of drug-likeness (QED) is 0.792. The largest absolute Gasteiger partial charge is 0.418 e. The van der Waals surface area contributed by atoms with E-state index in [4.69, 9.17) is 11.0 Å². The molecule has 1 aromatic heterocycles. The van der Waals surface area contributed by atoms with Crippen molar-refractivity contribution in [1.82, 2.24) is 9.55 Å². The van der Waals surface area contributed by atoms with Crippen LogP contribution in [-0.2, 0) is 6.18 Å². The minimum Gasteiger partial charge on any atom is -0.398 e. The van der Waals surface area contributed by atoms with E-state index in [1.54, 1.807) is 6.07 Å². The number of halogens is 3. The Kier molecular flexibility index (Phi) is 2.71. The third-order valence-corrected chi connectivity index (χ3v) is 2.36. The molecule has 7 heteroatoms. The Labute approximate surface area is 100 Å². The zero-order valence-electron chi connectivity index (χ0n) is 8.94. The maximum atomic E-state index is 12.7. The maximum Gasteiger partial charge on any atom is 0.418 e. The zero-order valence-corrected chi connectivity index (χ0v) is 8.94. The molecule has 0 aliphatic heterocycles. The van der Waals surface area contributed by atoms with Gasteiger partial charge in [-0.25, -0.2) is 4.98 Å². The minimum atomic E-state index is -4.53. The second kappa shape index (κ2) is 4.07. The van der Waals surface area contributed by atoms with E-state index < -0.39 is 11.7 Å². The summed E-state index contributed by atoms with van der Waals surface area (Å²) in [4.78, 5) is 3.71. The predicted molar refractivity (Wildman–Crippen MR) is 57.7 cm³/mol. The first-order valence-corrected chi connectivity index (χ1v) is 4.84. The summed E-state index contributed by atoms with van der Waals surface area (Å²) in [5.74, 6) is 0.00731. The van der Waals surface area contributed by atoms with E-state index in [2.05, 4.69) is 4.98 Å². The molecule has 0 aliphatic carbocycles. The lowest BCUT2D eigenvalue weighted by Crippen LogP contribution is -2.10. The smallest absolute Gasteiger partial charge is 0.398 e. The molecule has 2 N–H and O–H groups in total. The van der Waals surface area contributed by atoms with Gasteiger partial charge in [0.25, 0.3) is 0 Å². The standard InChI is InChI=1S/C11H7F3N4/c12-11(13,14)8-5-7(1-2-9(8)16)18-4-3-17-10(18)6-15/h1-5H,16H2. The van der Waals surface area contributed by atoms with Crippen LogP contribution in [0.25, 0.3) is 5.69 Å². The summed E-state index contributed by atoms with van der Waals surface area (Å²) >= 11 is 0. The van der Waals surface area contributed by atoms with Gasteiger partial charge in [0, 0.05) is 23.8 Å². The minimum absolute atomic E-state index is 0.00731. The second-order valence-corrected chi connectivity index (χ2v) is 3.50. The lowest BCUT2D eigenvalue weighted by molar-refractivity contribution is -0.136. The number of anilines is 1. The van der Waals surface area contributed by atoms with Gasteiger partial charge < -0.3 is 5.73 Å². The van der Waals surface area contributed by atoms with Gasteiger partial charge >= 0.3 is 6.18 Å². The highest BCUT2D eigenvalue weighted by Gasteiger charge is 2.33. The Hall–Kier alpha value is -2.49. The molecule has 0 spiro atoms. The highest BCUT2D eigenvalue weighted by molar-refractivity contribution is 5.54. The molecular weight excluding hydrogens is 245 g/mol. The molecule has 2 rings (SSSR count). The molecular formula is C11H7F3N4. The van der Waals surface area contributed by atoms with Crippen LogP contribution < -0.4 is 5.73 Å². The van der Waals surface area contributed by atoms with E-state index >= 15 is 0 Å². The van der Waals surface area contributed by atoms with E-state index in [0.717, 1.165) is 12.1 Å². The second-order valence-electron chi connectivity index (χ2n) is 3.50. The Bertz CT molecular complexity index is 622. The lowest BCUT2D eigenvalue weighted by Gasteiger charge is -2.12. The fraction of sp³-hybridized carbons (Fsp3) is 0.0909. The summed E-state index contributed by atoms with van der Waals surface area (Å²) in [7, 11) is 0. The van der Waals surface area contributed by atoms with Crippen molar-refractivity contribution in [3.8, 4) is 11.8 Å². The molecule has 0 radical (unpaired) electrons. The van der Waals surface area contributed by atoms with Crippen molar-refractivity contribution in [2.45, 2.75) is 6.18 Å². The monoisotopic (exact) mass is 252 g/mol. The van der Waals surface area contributed by atoms with Gasteiger partial charge in [0.05, 0.1) is 5.56 Å². The number of aromatic nitrogens is 2. The Balaban J connectivity index is 2.59. The van der Waals surface area contributed by atoms with Crippen LogP contribution >= 0.6 is 0 Å². The van der Waals surface area contributed by atoms with E-state index in [-0.39, 0.29) is 17.2 Å². The molecule has 4 nitrogen and oxygen atoms in total. The molecule has 0 saturated carbocycles. The summed E-state index contributed by atoms with van der Waals surface area (Å²) in [5, 5.41) is 8.77. The first-order valence-electron chi connectivity index (χ1n) is 4.84. The van der Waals surface area contributed by atoms with Crippen molar-refractivity contribution in [3.63, 3.8) is 0 Å². The van der Waals surface area contributed by atoms with Crippen LogP contribution in [0, 0.1) is 11.3 Å². The van der Waals surface area contributed by atoms with Gasteiger partial charge in [-0.15, -0.1) is 0 Å². The number of hydrogen-bond acceptors (Lipinski definition) is 3. The van der Waals surface area contributed by atoms with Crippen molar-refractivity contribution in [3.05, 3.63) is 42.0 Å². The number of benzene rings is 1. The number of nitrogen functional groups attached to an aromatic ring is 1. The fourth-order valence-corrected chi connectivity index (χ4v) is 1.53. The predicted octanol–water partition coefficient (Wildman–Crippen LogP) is 2.34. The van der Waals surface area contributed by atoms with Crippen LogP contribution in [0.5, 0.6) is 0 Å². The Morgan fingerprint density at radius 2 is 2.06 bits per heavy atom. The molecule has 92 valence electrons. The molecule has 0 aliphatic rings. The molecule has 0 fully saturated rings. The van der Waals surface area contributed by atoms with Crippen molar-refractivity contribution < 1.29 is 13.2 Å². The van der Waals surface area contributed by atoms with Crippen molar-refractivity contribution in [1.29, 1.82) is 5.26 Å². The molecule has 2 aromatic rings. The molecule has 1 aromatic carbocycles. The summed E-state index contributed by atoms with van der Waals surface area (Å²) in [6.07, 6.45) is -1.79. The van der Waals surface area contributed by atoms with E-state index in [0.29, 0.717) is 0 Å². The average Bonchev–Trinajstić information content (AvgIpc) is 2.76. The lowest BCUT2D eigenvalue weighted by atomic mass is 10.1. The first-order chi connectivity index (χ1) is 8.43. The maximum absolute atomic E-state index is 12.7. The molecule has 0 atom stereocenters. The first kappa shape index (κ1) is 12.0. The van der Waals surface area contributed by atoms with Gasteiger partial charge in [-0.2, -0.15) is 18.4 Å². The van der Waals surface area contributed by atoms with Crippen LogP contribution in [0.15, 0.2) is 30.6 Å². The normalized spacial score (nSPS) is 11.2. The van der Waals surface area contributed by atoms with Crippen molar-refractivity contribution >= 4 is 5.69 Å². The van der Waals surface area contributed by atoms with E-state index in [1.165, 1.54) is 23.0 Å². The number of nitrogens with two attached hydrogens (primary N) is 1. The van der Waals surface area contributed by atoms with Gasteiger partial charge in [0.2, 0.25) is 5.82 Å². The highest BCUT2D eigenvalue weighted by Crippen LogP contribution is 2.34. The molecule has 0 saturated heterocycles. The van der Waals surface area contributed by atoms with Gasteiger partial charge in [-0.1, -0.05) is 0 Å². The zero-order chi connectivity index (χ0) is 13.3. The van der Waals surface area contributed by atoms with Gasteiger partial charge in [0.15, 0.2) is 0 Å². The number of alkyl halides is 3. The summed E-state index contributed by atoms with van der Waals surface area (Å²) in [5.41, 5.74) is 4.19. The summed E-state index contributed by atoms with van der Waals surface area (Å²) in [6, 6.07) is 5.22. The van der Waals surface area contributed by atoms with Crippen LogP contribution in [0.4, 0.5) is 18.9 Å². The number of nitrogens with zero attached hydrogens (tertiary/aromatic N) is 3. The van der Waals surface area contributed by atoms with Crippen molar-refractivity contribution in [2.24, 2.45) is 0 Å². The number of rotatable bonds is 1. The number of imidazole rings is 1. The topological polar surface area (TPSA) is 67.6 Å². The molecule has 0 unspecified atom stereocenters. The number of hydrogen-bond donors (Lipinski definition) is 1. The molecule has 18 heavy (non-hydrogen) atoms. The number of nitriles is 1. The van der Waals surface area contributed by atoms with Gasteiger partial charge in [-0.3, -0.25) is 4.57 Å². The van der Waals surface area contributed by atoms with Crippen LogP contribution in [0.1, 0.15) is 11.4 Å². The summed E-state index contributed by atoms with van der Waals surface area (Å²) < 4.78 is 39.3. The fourth-order valence-electron chi connectivity index (χ4n) is 1.53. The van der Waals surface area contributed by atoms with Gasteiger partial charge in [0.1, 0.15) is 6.07 Å². The van der Waals surface area contributed by atoms with Gasteiger partial charge in [-0.05, 0) is 18.2 Å². The Morgan fingerprint density at radius 1 is 1.33 bits per heavy atom. The molecule has 0 bridgehead atoms. The van der Waals surface area contributed by atoms with Crippen LogP contribution in [0.3, 0.4) is 0 Å². The molecule has 0 amide bonds.